The molecule has 3 N–H and O–H groups in total. The Bertz CT molecular complexity index is 1130. The van der Waals surface area contributed by atoms with Gasteiger partial charge in [0.1, 0.15) is 5.92 Å². The van der Waals surface area contributed by atoms with Crippen molar-refractivity contribution in [1.29, 1.82) is 0 Å². The SMILES string of the molecule is CCN(CC)c1ccc(C2NC(=O)N=C(C)C2C(=O)Nc2ccc3[nH]ncc3c2)cc1. The Kier molecular flexibility index (Phi) is 5.70. The van der Waals surface area contributed by atoms with Gasteiger partial charge in [0.05, 0.1) is 17.8 Å². The van der Waals surface area contributed by atoms with Crippen molar-refractivity contribution in [2.75, 3.05) is 23.3 Å². The lowest BCUT2D eigenvalue weighted by Gasteiger charge is -2.31. The highest BCUT2D eigenvalue weighted by molar-refractivity contribution is 6.13. The molecule has 0 saturated heterocycles. The molecule has 0 radical (unpaired) electrons. The molecule has 3 amide bonds. The molecule has 2 atom stereocenters. The van der Waals surface area contributed by atoms with E-state index in [1.807, 2.05) is 42.5 Å². The molecule has 0 fully saturated rings. The van der Waals surface area contributed by atoms with Crippen LogP contribution in [0.25, 0.3) is 10.9 Å². The molecule has 0 spiro atoms. The first-order valence-electron chi connectivity index (χ1n) is 10.4. The number of nitrogens with zero attached hydrogens (tertiary/aromatic N) is 3. The summed E-state index contributed by atoms with van der Waals surface area (Å²) in [6.07, 6.45) is 1.71. The Morgan fingerprint density at radius 2 is 1.87 bits per heavy atom. The third-order valence-electron chi connectivity index (χ3n) is 5.71. The Hall–Kier alpha value is -3.68. The van der Waals surface area contributed by atoms with Crippen molar-refractivity contribution in [3.63, 3.8) is 0 Å². The van der Waals surface area contributed by atoms with Crippen LogP contribution in [-0.2, 0) is 4.79 Å². The average Bonchev–Trinajstić information content (AvgIpc) is 3.22. The zero-order valence-electron chi connectivity index (χ0n) is 17.8. The number of aromatic amines is 1. The van der Waals surface area contributed by atoms with E-state index in [1.165, 1.54) is 0 Å². The van der Waals surface area contributed by atoms with E-state index in [0.29, 0.717) is 11.4 Å². The predicted octanol–water partition coefficient (Wildman–Crippen LogP) is 3.89. The number of amides is 3. The number of anilines is 2. The summed E-state index contributed by atoms with van der Waals surface area (Å²) in [7, 11) is 0. The van der Waals surface area contributed by atoms with Gasteiger partial charge in [0.15, 0.2) is 0 Å². The van der Waals surface area contributed by atoms with E-state index in [9.17, 15) is 9.59 Å². The Labute approximate surface area is 180 Å². The molecular weight excluding hydrogens is 392 g/mol. The van der Waals surface area contributed by atoms with Gasteiger partial charge >= 0.3 is 6.03 Å². The van der Waals surface area contributed by atoms with Crippen molar-refractivity contribution >= 4 is 39.9 Å². The quantitative estimate of drug-likeness (QED) is 0.565. The van der Waals surface area contributed by atoms with Gasteiger partial charge in [-0.15, -0.1) is 0 Å². The molecule has 4 rings (SSSR count). The number of aromatic nitrogens is 2. The van der Waals surface area contributed by atoms with E-state index < -0.39 is 18.0 Å². The van der Waals surface area contributed by atoms with Crippen LogP contribution in [0.1, 0.15) is 32.4 Å². The summed E-state index contributed by atoms with van der Waals surface area (Å²) in [6.45, 7) is 7.76. The number of aliphatic imine (C=N–C) groups is 1. The molecule has 0 saturated carbocycles. The van der Waals surface area contributed by atoms with Gasteiger partial charge in [0.2, 0.25) is 5.91 Å². The second-order valence-electron chi connectivity index (χ2n) is 7.58. The minimum Gasteiger partial charge on any atom is -0.372 e. The predicted molar refractivity (Wildman–Crippen MR) is 123 cm³/mol. The number of nitrogens with one attached hydrogen (secondary N) is 3. The Balaban J connectivity index is 1.60. The zero-order chi connectivity index (χ0) is 22.0. The molecule has 8 nitrogen and oxygen atoms in total. The van der Waals surface area contributed by atoms with Crippen LogP contribution in [0, 0.1) is 5.92 Å². The lowest BCUT2D eigenvalue weighted by Crippen LogP contribution is -2.45. The van der Waals surface area contributed by atoms with Crippen LogP contribution in [0.2, 0.25) is 0 Å². The number of urea groups is 1. The van der Waals surface area contributed by atoms with Gasteiger partial charge in [0, 0.05) is 35.6 Å². The monoisotopic (exact) mass is 418 g/mol. The number of H-pyrrole nitrogens is 1. The molecule has 1 aliphatic rings. The highest BCUT2D eigenvalue weighted by Crippen LogP contribution is 2.30. The van der Waals surface area contributed by atoms with Crippen molar-refractivity contribution in [3.05, 3.63) is 54.2 Å². The molecule has 2 heterocycles. The van der Waals surface area contributed by atoms with Crippen LogP contribution < -0.4 is 15.5 Å². The van der Waals surface area contributed by atoms with E-state index >= 15 is 0 Å². The first kappa shape index (κ1) is 20.6. The summed E-state index contributed by atoms with van der Waals surface area (Å²) in [5, 5.41) is 13.6. The number of rotatable bonds is 6. The molecule has 0 bridgehead atoms. The summed E-state index contributed by atoms with van der Waals surface area (Å²) < 4.78 is 0. The minimum absolute atomic E-state index is 0.220. The number of benzene rings is 2. The number of carbonyl (C=O) groups is 2. The molecule has 3 aromatic rings. The smallest absolute Gasteiger partial charge is 0.341 e. The highest BCUT2D eigenvalue weighted by Gasteiger charge is 2.36. The zero-order valence-corrected chi connectivity index (χ0v) is 17.8. The second kappa shape index (κ2) is 8.59. The van der Waals surface area contributed by atoms with Crippen LogP contribution in [0.15, 0.2) is 53.7 Å². The molecule has 2 aromatic carbocycles. The molecule has 0 aliphatic carbocycles. The van der Waals surface area contributed by atoms with Crippen molar-refractivity contribution in [2.45, 2.75) is 26.8 Å². The van der Waals surface area contributed by atoms with Gasteiger partial charge in [-0.2, -0.15) is 5.10 Å². The van der Waals surface area contributed by atoms with Gasteiger partial charge in [-0.05, 0) is 56.7 Å². The Morgan fingerprint density at radius 3 is 2.58 bits per heavy atom. The molecule has 31 heavy (non-hydrogen) atoms. The van der Waals surface area contributed by atoms with Crippen molar-refractivity contribution in [1.82, 2.24) is 15.5 Å². The van der Waals surface area contributed by atoms with Gasteiger partial charge in [-0.3, -0.25) is 9.89 Å². The average molecular weight is 419 g/mol. The van der Waals surface area contributed by atoms with E-state index in [-0.39, 0.29) is 5.91 Å². The summed E-state index contributed by atoms with van der Waals surface area (Å²) in [5.74, 6) is -0.834. The van der Waals surface area contributed by atoms with Crippen molar-refractivity contribution in [2.24, 2.45) is 10.9 Å². The maximum absolute atomic E-state index is 13.2. The van der Waals surface area contributed by atoms with Crippen LogP contribution in [-0.4, -0.2) is 40.9 Å². The van der Waals surface area contributed by atoms with E-state index in [0.717, 1.165) is 35.2 Å². The molecule has 1 aliphatic heterocycles. The first-order chi connectivity index (χ1) is 15.0. The summed E-state index contributed by atoms with van der Waals surface area (Å²) in [4.78, 5) is 31.6. The summed E-state index contributed by atoms with van der Waals surface area (Å²) in [5.41, 5.74) is 4.02. The van der Waals surface area contributed by atoms with Crippen LogP contribution in [0.3, 0.4) is 0 Å². The number of fused-ring (bicyclic) bond motifs is 1. The standard InChI is InChI=1S/C23H26N6O2/c1-4-29(5-2)18-9-6-15(7-10-18)21-20(14(3)25-23(31)27-21)22(30)26-17-8-11-19-16(12-17)13-24-28-19/h6-13,20-21H,4-5H2,1-3H3,(H,24,28)(H,26,30)(H,27,31). The van der Waals surface area contributed by atoms with Crippen LogP contribution in [0.5, 0.6) is 0 Å². The minimum atomic E-state index is -0.614. The van der Waals surface area contributed by atoms with Gasteiger partial charge in [-0.1, -0.05) is 12.1 Å². The van der Waals surface area contributed by atoms with E-state index in [2.05, 4.69) is 44.6 Å². The maximum atomic E-state index is 13.2. The van der Waals surface area contributed by atoms with Gasteiger partial charge < -0.3 is 15.5 Å². The van der Waals surface area contributed by atoms with Crippen LogP contribution >= 0.6 is 0 Å². The maximum Gasteiger partial charge on any atom is 0.341 e. The molecular formula is C23H26N6O2. The number of hydrogen-bond donors (Lipinski definition) is 3. The molecule has 2 unspecified atom stereocenters. The third-order valence-corrected chi connectivity index (χ3v) is 5.71. The highest BCUT2D eigenvalue weighted by atomic mass is 16.2. The fourth-order valence-electron chi connectivity index (χ4n) is 4.06. The van der Waals surface area contributed by atoms with Crippen molar-refractivity contribution < 1.29 is 9.59 Å². The lowest BCUT2D eigenvalue weighted by atomic mass is 9.87. The third kappa shape index (κ3) is 4.14. The van der Waals surface area contributed by atoms with E-state index in [4.69, 9.17) is 0 Å². The summed E-state index contributed by atoms with van der Waals surface area (Å²) in [6, 6.07) is 12.6. The number of hydrogen-bond acceptors (Lipinski definition) is 4. The molecule has 160 valence electrons. The fourth-order valence-corrected chi connectivity index (χ4v) is 4.06. The van der Waals surface area contributed by atoms with E-state index in [1.54, 1.807) is 13.1 Å². The van der Waals surface area contributed by atoms with Gasteiger partial charge in [0.25, 0.3) is 0 Å². The second-order valence-corrected chi connectivity index (χ2v) is 7.58. The van der Waals surface area contributed by atoms with Crippen molar-refractivity contribution in [3.8, 4) is 0 Å². The topological polar surface area (TPSA) is 102 Å². The normalized spacial score (nSPS) is 18.4. The number of carbonyl (C=O) groups excluding carboxylic acids is 2. The molecule has 8 heteroatoms. The van der Waals surface area contributed by atoms with Crippen LogP contribution in [0.4, 0.5) is 16.2 Å². The summed E-state index contributed by atoms with van der Waals surface area (Å²) >= 11 is 0. The Morgan fingerprint density at radius 1 is 1.13 bits per heavy atom. The largest absolute Gasteiger partial charge is 0.372 e. The lowest BCUT2D eigenvalue weighted by molar-refractivity contribution is -0.118. The molecule has 1 aromatic heterocycles. The first-order valence-corrected chi connectivity index (χ1v) is 10.4. The fraction of sp³-hybridized carbons (Fsp3) is 0.304. The van der Waals surface area contributed by atoms with Gasteiger partial charge in [-0.25, -0.2) is 9.79 Å².